The monoisotopic (exact) mass is 411 g/mol. The minimum atomic E-state index is -0.734. The van der Waals surface area contributed by atoms with Gasteiger partial charge in [0.2, 0.25) is 5.91 Å². The van der Waals surface area contributed by atoms with Crippen LogP contribution in [0.3, 0.4) is 0 Å². The predicted octanol–water partition coefficient (Wildman–Crippen LogP) is 4.74. The molecule has 2 aromatic heterocycles. The molecule has 8 heteroatoms. The van der Waals surface area contributed by atoms with Crippen molar-refractivity contribution in [1.29, 1.82) is 0 Å². The molecule has 144 valence electrons. The third-order valence-electron chi connectivity index (χ3n) is 4.52. The molecule has 0 saturated heterocycles. The Morgan fingerprint density at radius 3 is 2.57 bits per heavy atom. The average Bonchev–Trinajstić information content (AvgIpc) is 3.42. The van der Waals surface area contributed by atoms with Gasteiger partial charge in [-0.15, -0.1) is 11.3 Å². The van der Waals surface area contributed by atoms with Gasteiger partial charge in [-0.1, -0.05) is 0 Å². The Morgan fingerprint density at radius 2 is 1.89 bits per heavy atom. The Hall–Kier alpha value is -2.45. The summed E-state index contributed by atoms with van der Waals surface area (Å²) in [7, 11) is 0. The van der Waals surface area contributed by atoms with Crippen LogP contribution in [0.25, 0.3) is 11.4 Å². The van der Waals surface area contributed by atoms with E-state index in [1.807, 2.05) is 43.5 Å². The highest BCUT2D eigenvalue weighted by Gasteiger charge is 2.33. The lowest BCUT2D eigenvalue weighted by Crippen LogP contribution is -2.35. The van der Waals surface area contributed by atoms with Gasteiger partial charge in [-0.3, -0.25) is 4.79 Å². The Kier molecular flexibility index (Phi) is 5.32. The van der Waals surface area contributed by atoms with Gasteiger partial charge in [-0.05, 0) is 69.0 Å². The molecule has 28 heavy (non-hydrogen) atoms. The second-order valence-corrected chi connectivity index (χ2v) is 9.15. The number of thiazole rings is 1. The second kappa shape index (κ2) is 7.89. The molecule has 1 aromatic carbocycles. The third-order valence-corrected chi connectivity index (χ3v) is 6.52. The van der Waals surface area contributed by atoms with Crippen molar-refractivity contribution in [3.8, 4) is 11.4 Å². The quantitative estimate of drug-likeness (QED) is 0.547. The molecule has 1 aliphatic carbocycles. The first kappa shape index (κ1) is 18.9. The summed E-state index contributed by atoms with van der Waals surface area (Å²) < 4.78 is 3.29. The van der Waals surface area contributed by atoms with Crippen LogP contribution in [-0.2, 0) is 10.2 Å². The van der Waals surface area contributed by atoms with Gasteiger partial charge in [0.05, 0.1) is 11.1 Å². The summed E-state index contributed by atoms with van der Waals surface area (Å²) >= 11 is 3.25. The molecule has 2 N–H and O–H groups in total. The number of carbonyl (C=O) groups is 1. The molecule has 1 aliphatic rings. The maximum absolute atomic E-state index is 12.9. The first-order valence-electron chi connectivity index (χ1n) is 9.09. The van der Waals surface area contributed by atoms with Gasteiger partial charge in [0.25, 0.3) is 0 Å². The van der Waals surface area contributed by atoms with Gasteiger partial charge in [-0.25, -0.2) is 15.0 Å². The van der Waals surface area contributed by atoms with Crippen molar-refractivity contribution in [2.24, 2.45) is 0 Å². The summed E-state index contributed by atoms with van der Waals surface area (Å²) in [6.45, 7) is 3.78. The molecule has 0 unspecified atom stereocenters. The molecule has 4 rings (SSSR count). The van der Waals surface area contributed by atoms with Crippen LogP contribution in [0.2, 0.25) is 0 Å². The Labute approximate surface area is 172 Å². The van der Waals surface area contributed by atoms with E-state index in [1.165, 1.54) is 24.2 Å². The SMILES string of the molecule is CC(C)(C(=O)Nc1ccc(-c2ncccn2)cc1)c1csc(NSC2CC2)n1. The lowest BCUT2D eigenvalue weighted by atomic mass is 9.89. The van der Waals surface area contributed by atoms with E-state index in [2.05, 4.69) is 25.0 Å². The lowest BCUT2D eigenvalue weighted by molar-refractivity contribution is -0.120. The normalized spacial score (nSPS) is 13.9. The van der Waals surface area contributed by atoms with E-state index in [0.717, 1.165) is 22.1 Å². The van der Waals surface area contributed by atoms with Crippen LogP contribution in [-0.4, -0.2) is 26.1 Å². The first-order chi connectivity index (χ1) is 13.5. The maximum Gasteiger partial charge on any atom is 0.236 e. The van der Waals surface area contributed by atoms with Crippen molar-refractivity contribution in [3.05, 3.63) is 53.8 Å². The number of anilines is 2. The van der Waals surface area contributed by atoms with Crippen molar-refractivity contribution < 1.29 is 4.79 Å². The highest BCUT2D eigenvalue weighted by Crippen LogP contribution is 2.36. The molecule has 3 aromatic rings. The molecule has 0 atom stereocenters. The summed E-state index contributed by atoms with van der Waals surface area (Å²) in [5.74, 6) is 0.565. The molecule has 1 saturated carbocycles. The van der Waals surface area contributed by atoms with Crippen LogP contribution in [0.15, 0.2) is 48.1 Å². The zero-order valence-corrected chi connectivity index (χ0v) is 17.3. The summed E-state index contributed by atoms with van der Waals surface area (Å²) in [4.78, 5) is 26.0. The van der Waals surface area contributed by atoms with E-state index in [-0.39, 0.29) is 5.91 Å². The van der Waals surface area contributed by atoms with E-state index in [4.69, 9.17) is 0 Å². The van der Waals surface area contributed by atoms with Crippen molar-refractivity contribution in [1.82, 2.24) is 15.0 Å². The standard InChI is InChI=1S/C20H21N5OS2/c1-20(2,16-12-27-19(24-16)25-28-15-8-9-15)18(26)23-14-6-4-13(5-7-14)17-21-10-3-11-22-17/h3-7,10-12,15H,8-9H2,1-2H3,(H,23,26)(H,24,25). The van der Waals surface area contributed by atoms with Crippen LogP contribution in [0.1, 0.15) is 32.4 Å². The fourth-order valence-electron chi connectivity index (χ4n) is 2.48. The second-order valence-electron chi connectivity index (χ2n) is 7.19. The molecular weight excluding hydrogens is 390 g/mol. The number of hydrogen-bond donors (Lipinski definition) is 2. The van der Waals surface area contributed by atoms with E-state index in [9.17, 15) is 4.79 Å². The molecule has 1 amide bonds. The number of hydrogen-bond acceptors (Lipinski definition) is 7. The van der Waals surface area contributed by atoms with E-state index in [1.54, 1.807) is 30.4 Å². The van der Waals surface area contributed by atoms with Crippen LogP contribution in [0.4, 0.5) is 10.8 Å². The zero-order valence-electron chi connectivity index (χ0n) is 15.7. The van der Waals surface area contributed by atoms with Gasteiger partial charge in [0, 0.05) is 34.3 Å². The van der Waals surface area contributed by atoms with Gasteiger partial charge >= 0.3 is 0 Å². The fraction of sp³-hybridized carbons (Fsp3) is 0.300. The third kappa shape index (κ3) is 4.34. The zero-order chi connectivity index (χ0) is 19.6. The highest BCUT2D eigenvalue weighted by atomic mass is 32.2. The molecule has 6 nitrogen and oxygen atoms in total. The number of carbonyl (C=O) groups excluding carboxylic acids is 1. The highest BCUT2D eigenvalue weighted by molar-refractivity contribution is 8.01. The Morgan fingerprint density at radius 1 is 1.18 bits per heavy atom. The van der Waals surface area contributed by atoms with Crippen LogP contribution in [0.5, 0.6) is 0 Å². The molecule has 0 aliphatic heterocycles. The average molecular weight is 412 g/mol. The van der Waals surface area contributed by atoms with E-state index in [0.29, 0.717) is 11.1 Å². The number of rotatable bonds is 7. The van der Waals surface area contributed by atoms with E-state index >= 15 is 0 Å². The van der Waals surface area contributed by atoms with Gasteiger partial charge in [0.15, 0.2) is 11.0 Å². The van der Waals surface area contributed by atoms with Crippen molar-refractivity contribution in [2.45, 2.75) is 37.4 Å². The van der Waals surface area contributed by atoms with Crippen molar-refractivity contribution >= 4 is 40.0 Å². The van der Waals surface area contributed by atoms with Crippen molar-refractivity contribution in [2.75, 3.05) is 10.0 Å². The van der Waals surface area contributed by atoms with Gasteiger partial charge < -0.3 is 10.0 Å². The summed E-state index contributed by atoms with van der Waals surface area (Å²) in [5, 5.41) is 6.49. The molecular formula is C20H21N5OS2. The molecule has 1 fully saturated rings. The van der Waals surface area contributed by atoms with Gasteiger partial charge in [-0.2, -0.15) is 0 Å². The van der Waals surface area contributed by atoms with Crippen LogP contribution in [0, 0.1) is 0 Å². The summed E-state index contributed by atoms with van der Waals surface area (Å²) in [6.07, 6.45) is 5.94. The lowest BCUT2D eigenvalue weighted by Gasteiger charge is -2.21. The Bertz CT molecular complexity index is 952. The molecule has 0 radical (unpaired) electrons. The Balaban J connectivity index is 1.41. The molecule has 2 heterocycles. The van der Waals surface area contributed by atoms with Crippen LogP contribution < -0.4 is 10.0 Å². The van der Waals surface area contributed by atoms with Crippen molar-refractivity contribution in [3.63, 3.8) is 0 Å². The number of nitrogens with zero attached hydrogens (tertiary/aromatic N) is 3. The number of benzene rings is 1. The number of aromatic nitrogens is 3. The largest absolute Gasteiger partial charge is 0.325 e. The van der Waals surface area contributed by atoms with E-state index < -0.39 is 5.41 Å². The van der Waals surface area contributed by atoms with Crippen LogP contribution >= 0.6 is 23.3 Å². The smallest absolute Gasteiger partial charge is 0.236 e. The molecule has 0 spiro atoms. The summed E-state index contributed by atoms with van der Waals surface area (Å²) in [6, 6.07) is 9.31. The minimum Gasteiger partial charge on any atom is -0.325 e. The topological polar surface area (TPSA) is 79.8 Å². The fourth-order valence-corrected chi connectivity index (χ4v) is 4.23. The first-order valence-corrected chi connectivity index (χ1v) is 10.8. The predicted molar refractivity (Wildman–Crippen MR) is 115 cm³/mol. The number of amides is 1. The maximum atomic E-state index is 12.9. The molecule has 0 bridgehead atoms. The summed E-state index contributed by atoms with van der Waals surface area (Å²) in [5.41, 5.74) is 1.67. The number of nitrogens with one attached hydrogen (secondary N) is 2. The van der Waals surface area contributed by atoms with Gasteiger partial charge in [0.1, 0.15) is 0 Å². The minimum absolute atomic E-state index is 0.0945.